The van der Waals surface area contributed by atoms with Gasteiger partial charge in [0, 0.05) is 37.2 Å². The van der Waals surface area contributed by atoms with E-state index in [2.05, 4.69) is 19.9 Å². The second-order valence-electron chi connectivity index (χ2n) is 4.51. The van der Waals surface area contributed by atoms with Gasteiger partial charge in [0.05, 0.1) is 21.8 Å². The lowest BCUT2D eigenvalue weighted by Crippen LogP contribution is -1.90. The first-order valence-corrected chi connectivity index (χ1v) is 6.47. The van der Waals surface area contributed by atoms with Gasteiger partial charge in [-0.05, 0) is 24.3 Å². The summed E-state index contributed by atoms with van der Waals surface area (Å²) in [7, 11) is 0. The summed E-state index contributed by atoms with van der Waals surface area (Å²) in [6.07, 6.45) is 10.4. The quantitative estimate of drug-likeness (QED) is 0.561. The first kappa shape index (κ1) is 11.7. The zero-order chi connectivity index (χ0) is 14.1. The third-order valence-electron chi connectivity index (χ3n) is 3.23. The van der Waals surface area contributed by atoms with E-state index in [0.29, 0.717) is 11.5 Å². The van der Waals surface area contributed by atoms with Crippen molar-refractivity contribution in [3.05, 3.63) is 61.4 Å². The summed E-state index contributed by atoms with van der Waals surface area (Å²) in [4.78, 5) is 16.9. The van der Waals surface area contributed by atoms with Crippen LogP contribution in [0.15, 0.2) is 61.4 Å². The second kappa shape index (κ2) is 4.79. The fourth-order valence-corrected chi connectivity index (χ4v) is 2.23. The maximum Gasteiger partial charge on any atom is 0.139 e. The van der Waals surface area contributed by atoms with Crippen LogP contribution < -0.4 is 4.74 Å². The van der Waals surface area contributed by atoms with Crippen molar-refractivity contribution in [2.24, 2.45) is 0 Å². The van der Waals surface area contributed by atoms with Crippen molar-refractivity contribution < 1.29 is 4.74 Å². The van der Waals surface area contributed by atoms with E-state index in [9.17, 15) is 0 Å². The zero-order valence-electron chi connectivity index (χ0n) is 11.0. The molecule has 4 aromatic heterocycles. The average Bonchev–Trinajstić information content (AvgIpc) is 2.56. The van der Waals surface area contributed by atoms with E-state index < -0.39 is 0 Å². The fourth-order valence-electron chi connectivity index (χ4n) is 2.23. The lowest BCUT2D eigenvalue weighted by molar-refractivity contribution is 0.493. The molecule has 0 aliphatic heterocycles. The predicted octanol–water partition coefficient (Wildman–Crippen LogP) is 3.37. The van der Waals surface area contributed by atoms with Gasteiger partial charge in [-0.15, -0.1) is 0 Å². The molecule has 5 nitrogen and oxygen atoms in total. The van der Waals surface area contributed by atoms with Crippen molar-refractivity contribution >= 4 is 21.8 Å². The van der Waals surface area contributed by atoms with Crippen molar-refractivity contribution in [3.8, 4) is 11.5 Å². The molecule has 100 valence electrons. The zero-order valence-corrected chi connectivity index (χ0v) is 11.0. The van der Waals surface area contributed by atoms with E-state index in [1.54, 1.807) is 37.2 Å². The first-order valence-electron chi connectivity index (χ1n) is 6.47. The van der Waals surface area contributed by atoms with Gasteiger partial charge < -0.3 is 4.74 Å². The Morgan fingerprint density at radius 1 is 0.619 bits per heavy atom. The number of nitrogens with zero attached hydrogens (tertiary/aromatic N) is 4. The van der Waals surface area contributed by atoms with Gasteiger partial charge >= 0.3 is 0 Å². The number of hydrogen-bond acceptors (Lipinski definition) is 5. The Balaban J connectivity index is 1.87. The third-order valence-corrected chi connectivity index (χ3v) is 3.23. The van der Waals surface area contributed by atoms with Crippen LogP contribution in [0.2, 0.25) is 0 Å². The van der Waals surface area contributed by atoms with E-state index in [1.807, 2.05) is 24.3 Å². The normalized spacial score (nSPS) is 10.9. The maximum absolute atomic E-state index is 6.04. The van der Waals surface area contributed by atoms with Crippen molar-refractivity contribution in [2.75, 3.05) is 0 Å². The van der Waals surface area contributed by atoms with Crippen molar-refractivity contribution in [1.82, 2.24) is 19.9 Å². The lowest BCUT2D eigenvalue weighted by atomic mass is 10.2. The summed E-state index contributed by atoms with van der Waals surface area (Å²) in [5, 5.41) is 1.74. The largest absolute Gasteiger partial charge is 0.456 e. The van der Waals surface area contributed by atoms with E-state index in [0.717, 1.165) is 21.8 Å². The summed E-state index contributed by atoms with van der Waals surface area (Å²) in [6, 6.07) is 7.36. The fraction of sp³-hybridized carbons (Fsp3) is 0. The molecule has 4 heterocycles. The molecule has 0 bridgehead atoms. The SMILES string of the molecule is c1cc2nccc(Oc3ccnc4ccncc34)c2cn1. The van der Waals surface area contributed by atoms with E-state index in [-0.39, 0.29) is 0 Å². The van der Waals surface area contributed by atoms with Gasteiger partial charge in [0.15, 0.2) is 0 Å². The van der Waals surface area contributed by atoms with Crippen LogP contribution >= 0.6 is 0 Å². The first-order chi connectivity index (χ1) is 10.4. The summed E-state index contributed by atoms with van der Waals surface area (Å²) in [5.74, 6) is 1.42. The molecule has 0 fully saturated rings. The topological polar surface area (TPSA) is 60.8 Å². The molecule has 0 spiro atoms. The molecule has 4 rings (SSSR count). The van der Waals surface area contributed by atoms with Crippen LogP contribution in [-0.2, 0) is 0 Å². The molecular weight excluding hydrogens is 264 g/mol. The van der Waals surface area contributed by atoms with Crippen LogP contribution in [0.1, 0.15) is 0 Å². The van der Waals surface area contributed by atoms with E-state index in [1.165, 1.54) is 0 Å². The molecule has 0 saturated heterocycles. The van der Waals surface area contributed by atoms with Crippen LogP contribution in [0.25, 0.3) is 21.8 Å². The maximum atomic E-state index is 6.04. The molecule has 5 heteroatoms. The van der Waals surface area contributed by atoms with Gasteiger partial charge in [-0.3, -0.25) is 19.9 Å². The molecule has 0 atom stereocenters. The van der Waals surface area contributed by atoms with E-state index in [4.69, 9.17) is 4.74 Å². The monoisotopic (exact) mass is 274 g/mol. The molecule has 0 unspecified atom stereocenters. The van der Waals surface area contributed by atoms with Gasteiger partial charge in [-0.25, -0.2) is 0 Å². The molecule has 0 amide bonds. The molecule has 0 aliphatic carbocycles. The van der Waals surface area contributed by atoms with Crippen LogP contribution in [0, 0.1) is 0 Å². The minimum absolute atomic E-state index is 0.712. The summed E-state index contributed by atoms with van der Waals surface area (Å²) >= 11 is 0. The number of pyridine rings is 4. The highest BCUT2D eigenvalue weighted by Gasteiger charge is 2.07. The van der Waals surface area contributed by atoms with Gasteiger partial charge in [0.2, 0.25) is 0 Å². The van der Waals surface area contributed by atoms with Crippen LogP contribution in [-0.4, -0.2) is 19.9 Å². The van der Waals surface area contributed by atoms with Crippen molar-refractivity contribution in [1.29, 1.82) is 0 Å². The number of aromatic nitrogens is 4. The van der Waals surface area contributed by atoms with Crippen molar-refractivity contribution in [3.63, 3.8) is 0 Å². The molecule has 0 aliphatic rings. The molecule has 0 saturated carbocycles. The Hall–Kier alpha value is -3.08. The average molecular weight is 274 g/mol. The lowest BCUT2D eigenvalue weighted by Gasteiger charge is -2.09. The standard InChI is InChI=1S/C16H10N4O/c1-5-17-9-11-13(1)19-7-3-15(11)21-16-4-8-20-14-2-6-18-10-12(14)16/h1-10H. The Bertz CT molecular complexity index is 851. The summed E-state index contributed by atoms with van der Waals surface area (Å²) < 4.78 is 6.04. The molecule has 4 aromatic rings. The molecule has 0 N–H and O–H groups in total. The molecular formula is C16H10N4O. The highest BCUT2D eigenvalue weighted by Crippen LogP contribution is 2.31. The predicted molar refractivity (Wildman–Crippen MR) is 79.2 cm³/mol. The highest BCUT2D eigenvalue weighted by molar-refractivity contribution is 5.87. The smallest absolute Gasteiger partial charge is 0.139 e. The Labute approximate surface area is 120 Å². The van der Waals surface area contributed by atoms with Crippen molar-refractivity contribution in [2.45, 2.75) is 0 Å². The minimum atomic E-state index is 0.712. The Kier molecular flexibility index (Phi) is 2.67. The third kappa shape index (κ3) is 2.04. The number of fused-ring (bicyclic) bond motifs is 2. The Morgan fingerprint density at radius 3 is 1.67 bits per heavy atom. The number of ether oxygens (including phenoxy) is 1. The van der Waals surface area contributed by atoms with Gasteiger partial charge in [-0.2, -0.15) is 0 Å². The van der Waals surface area contributed by atoms with Gasteiger partial charge in [-0.1, -0.05) is 0 Å². The number of rotatable bonds is 2. The Morgan fingerprint density at radius 2 is 1.14 bits per heavy atom. The van der Waals surface area contributed by atoms with Gasteiger partial charge in [0.25, 0.3) is 0 Å². The molecule has 0 radical (unpaired) electrons. The van der Waals surface area contributed by atoms with Crippen LogP contribution in [0.5, 0.6) is 11.5 Å². The summed E-state index contributed by atoms with van der Waals surface area (Å²) in [5.41, 5.74) is 1.69. The summed E-state index contributed by atoms with van der Waals surface area (Å²) in [6.45, 7) is 0. The second-order valence-corrected chi connectivity index (χ2v) is 4.51. The number of hydrogen-bond donors (Lipinski definition) is 0. The van der Waals surface area contributed by atoms with Gasteiger partial charge in [0.1, 0.15) is 11.5 Å². The van der Waals surface area contributed by atoms with E-state index >= 15 is 0 Å². The van der Waals surface area contributed by atoms with Crippen LogP contribution in [0.4, 0.5) is 0 Å². The molecule has 21 heavy (non-hydrogen) atoms. The highest BCUT2D eigenvalue weighted by atomic mass is 16.5. The molecule has 0 aromatic carbocycles. The minimum Gasteiger partial charge on any atom is -0.456 e. The van der Waals surface area contributed by atoms with Crippen LogP contribution in [0.3, 0.4) is 0 Å².